The number of ether oxygens (including phenoxy) is 1. The Morgan fingerprint density at radius 1 is 0.900 bits per heavy atom. The fraction of sp³-hybridized carbons (Fsp3) is 0.532. The van der Waals surface area contributed by atoms with E-state index in [1.807, 2.05) is 43.3 Å². The van der Waals surface area contributed by atoms with E-state index < -0.39 is 120 Å². The van der Waals surface area contributed by atoms with Gasteiger partial charge in [-0.1, -0.05) is 74.6 Å². The Hall–Kier alpha value is -6.75. The molecule has 22 nitrogen and oxygen atoms in total. The average Bonchev–Trinajstić information content (AvgIpc) is 3.31. The van der Waals surface area contributed by atoms with Gasteiger partial charge in [-0.3, -0.25) is 38.6 Å². The summed E-state index contributed by atoms with van der Waals surface area (Å²) in [6.45, 7) is 10.2. The van der Waals surface area contributed by atoms with E-state index in [-0.39, 0.29) is 43.8 Å². The van der Waals surface area contributed by atoms with E-state index in [2.05, 4.69) is 43.5 Å². The number of aliphatic imine (C=N–C) groups is 1. The highest BCUT2D eigenvalue weighted by Gasteiger charge is 2.34. The van der Waals surface area contributed by atoms with Gasteiger partial charge in [0, 0.05) is 33.0 Å². The van der Waals surface area contributed by atoms with Crippen molar-refractivity contribution < 1.29 is 58.1 Å². The molecule has 1 aliphatic rings. The zero-order valence-corrected chi connectivity index (χ0v) is 41.6. The minimum Gasteiger partial charge on any atom is -0.480 e. The summed E-state index contributed by atoms with van der Waals surface area (Å²) in [4.78, 5) is 125. The molecule has 1 aromatic carbocycles. The Labute approximate surface area is 412 Å². The third-order valence-corrected chi connectivity index (χ3v) is 12.1. The number of methoxy groups -OCH3 is 1. The van der Waals surface area contributed by atoms with Gasteiger partial charge >= 0.3 is 11.9 Å². The molecule has 1 saturated heterocycles. The zero-order valence-electron chi connectivity index (χ0n) is 40.8. The number of rotatable bonds is 16. The first-order valence-electron chi connectivity index (χ1n) is 22.7. The van der Waals surface area contributed by atoms with Crippen LogP contribution in [0.25, 0.3) is 0 Å². The molecule has 1 fully saturated rings. The summed E-state index contributed by atoms with van der Waals surface area (Å²) in [6, 6.07) is 1.08. The number of carbonyl (C=O) groups excluding carboxylic acids is 7. The highest BCUT2D eigenvalue weighted by molar-refractivity contribution is 7.98. The van der Waals surface area contributed by atoms with Gasteiger partial charge in [0.05, 0.1) is 24.5 Å². The molecule has 0 spiro atoms. The number of hydrogen-bond acceptors (Lipinski definition) is 12. The average molecular weight is 999 g/mol. The van der Waals surface area contributed by atoms with E-state index in [1.54, 1.807) is 26.4 Å². The molecule has 386 valence electrons. The number of thioether (sulfide) groups is 1. The summed E-state index contributed by atoms with van der Waals surface area (Å²) in [5.41, 5.74) is 12.3. The van der Waals surface area contributed by atoms with Gasteiger partial charge < -0.3 is 63.2 Å². The van der Waals surface area contributed by atoms with Crippen LogP contribution in [0.5, 0.6) is 0 Å². The Kier molecular flexibility index (Phi) is 25.4. The summed E-state index contributed by atoms with van der Waals surface area (Å²) in [5, 5.41) is 35.1. The first-order chi connectivity index (χ1) is 33.0. The van der Waals surface area contributed by atoms with Crippen molar-refractivity contribution in [2.75, 3.05) is 32.7 Å². The fourth-order valence-electron chi connectivity index (χ4n) is 7.06. The molecule has 1 aromatic rings. The van der Waals surface area contributed by atoms with Crippen molar-refractivity contribution in [3.8, 4) is 0 Å². The number of amides is 7. The normalized spacial score (nSPS) is 24.4. The standard InChI is InChI=1S/C47H70N10O12S/c1-26(23-27(2)37(69-7)24-31-13-10-9-11-14-31)16-17-32-28(3)40(60)55-35(45(65)66)18-19-39(59)57(6)30(5)42(62)51-29(4)41(61)54-34(20-22-70-8)44(64)56-36(46(67)68)25-38(58)52-33(43(63)53-32)15-12-21-50-47(48)49/h9-11,13-14,16-17,23,27-29,32-37H,5,12,15,18-22,24-25H2,1-4,6-8H3,(H,51,62)(H,52,58)(H,53,63)(H,54,61)(H,55,60)(H,56,64)(H,65,66)(H,67,68)(H4,48,49,50). The van der Waals surface area contributed by atoms with E-state index in [0.29, 0.717) is 17.7 Å². The summed E-state index contributed by atoms with van der Waals surface area (Å²) in [7, 11) is 2.82. The van der Waals surface area contributed by atoms with Crippen LogP contribution in [0.15, 0.2) is 71.4 Å². The summed E-state index contributed by atoms with van der Waals surface area (Å²) < 4.78 is 5.81. The third kappa shape index (κ3) is 20.5. The van der Waals surface area contributed by atoms with E-state index in [0.717, 1.165) is 10.5 Å². The van der Waals surface area contributed by atoms with Crippen LogP contribution in [-0.4, -0.2) is 149 Å². The topological polar surface area (TPSA) is 343 Å². The van der Waals surface area contributed by atoms with Gasteiger partial charge in [0.25, 0.3) is 5.91 Å². The Balaban J connectivity index is 2.68. The maximum atomic E-state index is 14.3. The van der Waals surface area contributed by atoms with Crippen LogP contribution in [0.4, 0.5) is 0 Å². The largest absolute Gasteiger partial charge is 0.480 e. The number of carboxylic acids is 2. The second kappa shape index (κ2) is 30.0. The molecule has 2 rings (SSSR count). The van der Waals surface area contributed by atoms with Crippen molar-refractivity contribution in [3.05, 3.63) is 72.0 Å². The van der Waals surface area contributed by atoms with Crippen molar-refractivity contribution in [2.24, 2.45) is 28.3 Å². The minimum atomic E-state index is -1.85. The summed E-state index contributed by atoms with van der Waals surface area (Å²) in [6.07, 6.45) is 5.54. The molecule has 0 aromatic heterocycles. The van der Waals surface area contributed by atoms with E-state index in [1.165, 1.54) is 38.7 Å². The fourth-order valence-corrected chi connectivity index (χ4v) is 7.53. The highest BCUT2D eigenvalue weighted by Crippen LogP contribution is 2.18. The molecule has 70 heavy (non-hydrogen) atoms. The van der Waals surface area contributed by atoms with Crippen molar-refractivity contribution in [3.63, 3.8) is 0 Å². The second-order valence-electron chi connectivity index (χ2n) is 17.0. The Morgan fingerprint density at radius 2 is 1.51 bits per heavy atom. The van der Waals surface area contributed by atoms with Gasteiger partial charge in [0.2, 0.25) is 35.4 Å². The number of likely N-dealkylation sites (N-methyl/N-ethyl adjacent to an activating group) is 1. The van der Waals surface area contributed by atoms with Gasteiger partial charge in [0.15, 0.2) is 5.96 Å². The molecule has 0 radical (unpaired) electrons. The minimum absolute atomic E-state index is 0.0128. The maximum Gasteiger partial charge on any atom is 0.326 e. The van der Waals surface area contributed by atoms with Crippen molar-refractivity contribution in [1.82, 2.24) is 36.8 Å². The molecule has 23 heteroatoms. The first kappa shape index (κ1) is 59.4. The van der Waals surface area contributed by atoms with Crippen LogP contribution in [0.3, 0.4) is 0 Å². The number of benzene rings is 1. The molecule has 1 heterocycles. The van der Waals surface area contributed by atoms with Gasteiger partial charge in [-0.05, 0) is 63.5 Å². The molecule has 0 aliphatic carbocycles. The van der Waals surface area contributed by atoms with Crippen LogP contribution in [0.1, 0.15) is 71.8 Å². The Bertz CT molecular complexity index is 2120. The van der Waals surface area contributed by atoms with Crippen molar-refractivity contribution in [1.29, 1.82) is 0 Å². The lowest BCUT2D eigenvalue weighted by atomic mass is 9.94. The molecule has 0 saturated carbocycles. The van der Waals surface area contributed by atoms with Gasteiger partial charge in [0.1, 0.15) is 35.9 Å². The molecule has 7 amide bonds. The molecule has 9 unspecified atom stereocenters. The Morgan fingerprint density at radius 3 is 2.11 bits per heavy atom. The smallest absolute Gasteiger partial charge is 0.326 e. The van der Waals surface area contributed by atoms with Crippen LogP contribution in [0.2, 0.25) is 0 Å². The zero-order chi connectivity index (χ0) is 52.7. The molecular formula is C47H70N10O12S. The van der Waals surface area contributed by atoms with E-state index in [4.69, 9.17) is 16.2 Å². The number of nitrogens with one attached hydrogen (secondary N) is 6. The van der Waals surface area contributed by atoms with Gasteiger partial charge in [-0.2, -0.15) is 11.8 Å². The number of aliphatic carboxylic acids is 2. The summed E-state index contributed by atoms with van der Waals surface area (Å²) >= 11 is 1.33. The lowest BCUT2D eigenvalue weighted by Gasteiger charge is -2.27. The predicted molar refractivity (Wildman–Crippen MR) is 263 cm³/mol. The quantitative estimate of drug-likeness (QED) is 0.0345. The number of carboxylic acid groups (broad SMARTS) is 2. The third-order valence-electron chi connectivity index (χ3n) is 11.4. The lowest BCUT2D eigenvalue weighted by molar-refractivity contribution is -0.144. The van der Waals surface area contributed by atoms with Crippen molar-refractivity contribution >= 4 is 71.0 Å². The SMILES string of the molecule is C=C1C(=O)NC(C)C(=O)NC(CCSC)C(=O)NC(C(=O)O)CC(=O)NC(CCCN=C(N)N)C(=O)NC(C=CC(C)=CC(C)C(Cc2ccccc2)OC)C(C)C(=O)NC(C(=O)O)CCC(=O)N1C. The van der Waals surface area contributed by atoms with Crippen LogP contribution in [0, 0.1) is 11.8 Å². The first-order valence-corrected chi connectivity index (χ1v) is 24.1. The molecular weight excluding hydrogens is 929 g/mol. The lowest BCUT2D eigenvalue weighted by Crippen LogP contribution is -2.56. The number of nitrogens with two attached hydrogens (primary N) is 2. The van der Waals surface area contributed by atoms with Crippen LogP contribution >= 0.6 is 11.8 Å². The number of carbonyl (C=O) groups is 9. The van der Waals surface area contributed by atoms with E-state index >= 15 is 0 Å². The summed E-state index contributed by atoms with van der Waals surface area (Å²) in [5.74, 6) is -10.5. The van der Waals surface area contributed by atoms with Gasteiger partial charge in [-0.25, -0.2) is 9.59 Å². The van der Waals surface area contributed by atoms with Crippen LogP contribution < -0.4 is 43.4 Å². The maximum absolute atomic E-state index is 14.3. The molecule has 9 atom stereocenters. The highest BCUT2D eigenvalue weighted by atomic mass is 32.2. The molecule has 0 bridgehead atoms. The number of allylic oxidation sites excluding steroid dienone is 2. The van der Waals surface area contributed by atoms with Crippen molar-refractivity contribution in [2.45, 2.75) is 115 Å². The predicted octanol–water partition coefficient (Wildman–Crippen LogP) is 0.0794. The number of nitrogens with zero attached hydrogens (tertiary/aromatic N) is 2. The molecule has 12 N–H and O–H groups in total. The van der Waals surface area contributed by atoms with Gasteiger partial charge in [-0.15, -0.1) is 0 Å². The van der Waals surface area contributed by atoms with E-state index in [9.17, 15) is 53.4 Å². The number of guanidine groups is 1. The second-order valence-corrected chi connectivity index (χ2v) is 17.9. The number of hydrogen-bond donors (Lipinski definition) is 10. The molecule has 1 aliphatic heterocycles. The monoisotopic (exact) mass is 998 g/mol. The van der Waals surface area contributed by atoms with Crippen LogP contribution in [-0.2, 0) is 54.3 Å².